The van der Waals surface area contributed by atoms with Gasteiger partial charge in [0.05, 0.1) is 25.1 Å². The third-order valence-corrected chi connectivity index (χ3v) is 10.4. The van der Waals surface area contributed by atoms with Crippen LogP contribution in [0.3, 0.4) is 0 Å². The standard InChI is InChI=1S/C30H43N5O4S/c31-26-11-19-35(20-12-26)40(38)34-17-9-24(10-18-34)22-33-15-13-27(14-16-33)39-21-1-2-23-3-5-25(6-4-23)28-7-8-29(36)32-30(28)37/h3-6,24,26-28,38H,7-22,31H2/p+1. The number of carbonyl (C=O) groups is 2. The molecule has 0 aliphatic carbocycles. The van der Waals surface area contributed by atoms with E-state index in [4.69, 9.17) is 10.5 Å². The summed E-state index contributed by atoms with van der Waals surface area (Å²) < 4.78 is 21.4. The molecule has 0 aromatic heterocycles. The number of hydrogen-bond donors (Lipinski definition) is 3. The lowest BCUT2D eigenvalue weighted by Crippen LogP contribution is -2.51. The molecular weight excluding hydrogens is 526 g/mol. The summed E-state index contributed by atoms with van der Waals surface area (Å²) in [5.74, 6) is 6.33. The maximum absolute atomic E-state index is 12.1. The molecule has 4 saturated heterocycles. The molecule has 40 heavy (non-hydrogen) atoms. The number of nitrogens with two attached hydrogens (primary N) is 1. The molecule has 9 nitrogen and oxygen atoms in total. The van der Waals surface area contributed by atoms with Crippen LogP contribution < -0.4 is 11.1 Å². The molecule has 0 radical (unpaired) electrons. The van der Waals surface area contributed by atoms with Crippen molar-refractivity contribution in [3.63, 3.8) is 0 Å². The first-order chi connectivity index (χ1) is 19.4. The number of nitrogens with one attached hydrogen (secondary N) is 1. The molecule has 1 aromatic carbocycles. The zero-order valence-electron chi connectivity index (χ0n) is 23.4. The van der Waals surface area contributed by atoms with Crippen LogP contribution in [-0.4, -0.2) is 94.4 Å². The van der Waals surface area contributed by atoms with E-state index in [-0.39, 0.29) is 23.8 Å². The Labute approximate surface area is 241 Å². The van der Waals surface area contributed by atoms with Crippen molar-refractivity contribution in [1.29, 1.82) is 0 Å². The van der Waals surface area contributed by atoms with Crippen molar-refractivity contribution in [3.05, 3.63) is 35.4 Å². The van der Waals surface area contributed by atoms with E-state index in [2.05, 4.69) is 30.7 Å². The van der Waals surface area contributed by atoms with Crippen molar-refractivity contribution in [2.75, 3.05) is 52.4 Å². The second-order valence-electron chi connectivity index (χ2n) is 11.6. The quantitative estimate of drug-likeness (QED) is 0.260. The van der Waals surface area contributed by atoms with Gasteiger partial charge < -0.3 is 15.4 Å². The minimum atomic E-state index is -0.761. The first-order valence-corrected chi connectivity index (χ1v) is 16.0. The summed E-state index contributed by atoms with van der Waals surface area (Å²) in [6.07, 6.45) is 7.54. The Bertz CT molecular complexity index is 1050. The molecule has 5 rings (SSSR count). The van der Waals surface area contributed by atoms with Crippen LogP contribution in [0.25, 0.3) is 0 Å². The van der Waals surface area contributed by atoms with Crippen molar-refractivity contribution >= 4 is 23.4 Å². The van der Waals surface area contributed by atoms with E-state index < -0.39 is 11.5 Å². The molecule has 2 unspecified atom stereocenters. The van der Waals surface area contributed by atoms with E-state index in [1.54, 1.807) is 0 Å². The number of benzene rings is 1. The normalized spacial score (nSPS) is 25.8. The molecule has 4 heterocycles. The van der Waals surface area contributed by atoms with Gasteiger partial charge in [-0.3, -0.25) is 14.9 Å². The molecule has 2 amide bonds. The number of amides is 2. The predicted octanol–water partition coefficient (Wildman–Crippen LogP) is 2.10. The van der Waals surface area contributed by atoms with Gasteiger partial charge in [-0.2, -0.15) is 0 Å². The number of likely N-dealkylation sites (tertiary alicyclic amines) is 1. The topological polar surface area (TPSA) is 111 Å². The number of piperidine rings is 4. The number of hydrogen-bond acceptors (Lipinski definition) is 8. The SMILES string of the molecule is NC1CCN([S+](O)N2CCC(CN3CCC(OCC#Cc4ccc(C5CCC(=O)NC5=O)cc4)CC3)CC2)CC1. The van der Waals surface area contributed by atoms with Crippen LogP contribution in [0.15, 0.2) is 24.3 Å². The highest BCUT2D eigenvalue weighted by Crippen LogP contribution is 2.26. The van der Waals surface area contributed by atoms with Crippen LogP contribution in [0.1, 0.15) is 68.4 Å². The lowest BCUT2D eigenvalue weighted by atomic mass is 9.90. The Kier molecular flexibility index (Phi) is 10.5. The Morgan fingerprint density at radius 2 is 1.57 bits per heavy atom. The highest BCUT2D eigenvalue weighted by atomic mass is 32.2. The number of rotatable bonds is 7. The Morgan fingerprint density at radius 3 is 2.23 bits per heavy atom. The number of carbonyl (C=O) groups excluding carboxylic acids is 2. The Hall–Kier alpha value is -1.97. The van der Waals surface area contributed by atoms with Gasteiger partial charge in [0.1, 0.15) is 6.61 Å². The van der Waals surface area contributed by atoms with Gasteiger partial charge in [-0.15, -0.1) is 4.55 Å². The first-order valence-electron chi connectivity index (χ1n) is 14.9. The lowest BCUT2D eigenvalue weighted by Gasteiger charge is -2.36. The summed E-state index contributed by atoms with van der Waals surface area (Å²) in [6.45, 7) is 7.47. The van der Waals surface area contributed by atoms with Crippen LogP contribution >= 0.6 is 0 Å². The Morgan fingerprint density at radius 1 is 0.925 bits per heavy atom. The van der Waals surface area contributed by atoms with Gasteiger partial charge in [0.15, 0.2) is 0 Å². The van der Waals surface area contributed by atoms with Gasteiger partial charge in [-0.1, -0.05) is 32.6 Å². The van der Waals surface area contributed by atoms with Crippen LogP contribution in [0, 0.1) is 17.8 Å². The molecule has 4 N–H and O–H groups in total. The maximum Gasteiger partial charge on any atom is 0.341 e. The summed E-state index contributed by atoms with van der Waals surface area (Å²) in [5, 5.41) is 2.42. The first kappa shape index (κ1) is 29.5. The third-order valence-electron chi connectivity index (χ3n) is 8.76. The minimum Gasteiger partial charge on any atom is -0.365 e. The highest BCUT2D eigenvalue weighted by molar-refractivity contribution is 7.86. The van der Waals surface area contributed by atoms with E-state index in [9.17, 15) is 14.1 Å². The molecule has 4 fully saturated rings. The monoisotopic (exact) mass is 570 g/mol. The molecule has 0 bridgehead atoms. The van der Waals surface area contributed by atoms with Crippen LogP contribution in [0.2, 0.25) is 0 Å². The highest BCUT2D eigenvalue weighted by Gasteiger charge is 2.40. The Balaban J connectivity index is 0.961. The van der Waals surface area contributed by atoms with Gasteiger partial charge in [-0.25, -0.2) is 0 Å². The minimum absolute atomic E-state index is 0.192. The molecule has 10 heteroatoms. The fraction of sp³-hybridized carbons (Fsp3) is 0.667. The third kappa shape index (κ3) is 8.07. The van der Waals surface area contributed by atoms with Crippen LogP contribution in [0.4, 0.5) is 0 Å². The van der Waals surface area contributed by atoms with Crippen molar-refractivity contribution in [2.24, 2.45) is 11.7 Å². The largest absolute Gasteiger partial charge is 0.365 e. The molecule has 4 aliphatic rings. The van der Waals surface area contributed by atoms with Crippen molar-refractivity contribution in [2.45, 2.75) is 69.4 Å². The molecule has 218 valence electrons. The number of ether oxygens (including phenoxy) is 1. The average Bonchev–Trinajstić information content (AvgIpc) is 2.97. The van der Waals surface area contributed by atoms with Crippen molar-refractivity contribution in [1.82, 2.24) is 18.8 Å². The van der Waals surface area contributed by atoms with Gasteiger partial charge in [0, 0.05) is 50.7 Å². The van der Waals surface area contributed by atoms with E-state index in [1.807, 2.05) is 24.3 Å². The summed E-state index contributed by atoms with van der Waals surface area (Å²) in [6, 6.07) is 8.01. The number of nitrogens with zero attached hydrogens (tertiary/aromatic N) is 3. The van der Waals surface area contributed by atoms with E-state index in [0.29, 0.717) is 31.4 Å². The van der Waals surface area contributed by atoms with Gasteiger partial charge in [-0.05, 0) is 68.6 Å². The summed E-state index contributed by atoms with van der Waals surface area (Å²) >= 11 is -0.761. The molecule has 4 aliphatic heterocycles. The summed E-state index contributed by atoms with van der Waals surface area (Å²) in [7, 11) is 0. The second kappa shape index (κ2) is 14.3. The van der Waals surface area contributed by atoms with Crippen molar-refractivity contribution < 1.29 is 18.9 Å². The predicted molar refractivity (Wildman–Crippen MR) is 157 cm³/mol. The zero-order valence-corrected chi connectivity index (χ0v) is 24.2. The molecule has 0 saturated carbocycles. The zero-order chi connectivity index (χ0) is 27.9. The van der Waals surface area contributed by atoms with E-state index in [1.165, 1.54) is 0 Å². The smallest absolute Gasteiger partial charge is 0.341 e. The molecule has 0 spiro atoms. The lowest BCUT2D eigenvalue weighted by molar-refractivity contribution is -0.134. The van der Waals surface area contributed by atoms with Crippen molar-refractivity contribution in [3.8, 4) is 11.8 Å². The molecule has 2 atom stereocenters. The van der Waals surface area contributed by atoms with E-state index >= 15 is 0 Å². The maximum atomic E-state index is 12.1. The van der Waals surface area contributed by atoms with Gasteiger partial charge >= 0.3 is 11.5 Å². The number of imide groups is 1. The van der Waals surface area contributed by atoms with E-state index in [0.717, 1.165) is 95.5 Å². The fourth-order valence-corrected chi connectivity index (χ4v) is 7.59. The van der Waals surface area contributed by atoms with Gasteiger partial charge in [0.2, 0.25) is 11.8 Å². The molecular formula is C30H44N5O4S+. The average molecular weight is 571 g/mol. The summed E-state index contributed by atoms with van der Waals surface area (Å²) in [4.78, 5) is 26.0. The molecule has 1 aromatic rings. The van der Waals surface area contributed by atoms with Crippen LogP contribution in [0.5, 0.6) is 0 Å². The van der Waals surface area contributed by atoms with Crippen LogP contribution in [-0.2, 0) is 25.9 Å². The summed E-state index contributed by atoms with van der Waals surface area (Å²) in [5.41, 5.74) is 7.84. The fourth-order valence-electron chi connectivity index (χ4n) is 6.19. The van der Waals surface area contributed by atoms with Gasteiger partial charge in [0.25, 0.3) is 0 Å². The second-order valence-corrected chi connectivity index (χ2v) is 13.1.